The molecule has 11 aromatic rings. The first-order valence-electron chi connectivity index (χ1n) is 18.3. The van der Waals surface area contributed by atoms with E-state index in [2.05, 4.69) is 164 Å². The molecule has 0 aliphatic carbocycles. The molecule has 0 bridgehead atoms. The van der Waals surface area contributed by atoms with Crippen LogP contribution in [0.2, 0.25) is 0 Å². The van der Waals surface area contributed by atoms with Gasteiger partial charge in [0.1, 0.15) is 22.3 Å². The highest BCUT2D eigenvalue weighted by molar-refractivity contribution is 7.25. The van der Waals surface area contributed by atoms with Gasteiger partial charge in [0.25, 0.3) is 0 Å². The average Bonchev–Trinajstić information content (AvgIpc) is 3.88. The fourth-order valence-corrected chi connectivity index (χ4v) is 9.49. The Morgan fingerprint density at radius 3 is 1.81 bits per heavy atom. The fourth-order valence-electron chi connectivity index (χ4n) is 8.35. The molecule has 0 unspecified atom stereocenters. The summed E-state index contributed by atoms with van der Waals surface area (Å²) >= 11 is 1.86. The largest absolute Gasteiger partial charge is 0.456 e. The van der Waals surface area contributed by atoms with Crippen LogP contribution in [0.5, 0.6) is 0 Å². The molecule has 0 fully saturated rings. The lowest BCUT2D eigenvalue weighted by Crippen LogP contribution is -2.10. The molecule has 0 atom stereocenters. The van der Waals surface area contributed by atoms with E-state index in [1.54, 1.807) is 0 Å². The SMILES string of the molecule is Cc1cccc(C)c1-c1ccc(N(c2cccc(-c3ccc4c(c3)sc3ccccc34)c2)c2ccc3oc4cc5oc6ccccc6c5cc4c3c2)cc1. The summed E-state index contributed by atoms with van der Waals surface area (Å²) in [6.45, 7) is 4.38. The first kappa shape index (κ1) is 31.0. The summed E-state index contributed by atoms with van der Waals surface area (Å²) in [4.78, 5) is 2.36. The summed E-state index contributed by atoms with van der Waals surface area (Å²) in [5.41, 5.74) is 14.0. The second-order valence-corrected chi connectivity index (χ2v) is 15.3. The van der Waals surface area contributed by atoms with Gasteiger partial charge in [0, 0.05) is 64.8 Å². The number of benzene rings is 8. The maximum absolute atomic E-state index is 6.45. The van der Waals surface area contributed by atoms with Crippen LogP contribution in [0.1, 0.15) is 11.1 Å². The number of thiophene rings is 1. The lowest BCUT2D eigenvalue weighted by molar-refractivity contribution is 0.656. The highest BCUT2D eigenvalue weighted by atomic mass is 32.1. The second kappa shape index (κ2) is 12.0. The fraction of sp³-hybridized carbons (Fsp3) is 0.0400. The third-order valence-electron chi connectivity index (χ3n) is 10.9. The van der Waals surface area contributed by atoms with E-state index in [4.69, 9.17) is 8.83 Å². The molecule has 0 saturated carbocycles. The highest BCUT2D eigenvalue weighted by Gasteiger charge is 2.19. The monoisotopic (exact) mass is 711 g/mol. The average molecular weight is 712 g/mol. The molecule has 11 rings (SSSR count). The van der Waals surface area contributed by atoms with Gasteiger partial charge < -0.3 is 13.7 Å². The lowest BCUT2D eigenvalue weighted by Gasteiger charge is -2.26. The van der Waals surface area contributed by atoms with E-state index in [1.807, 2.05) is 29.5 Å². The third-order valence-corrected chi connectivity index (χ3v) is 12.1. The molecule has 256 valence electrons. The zero-order chi connectivity index (χ0) is 35.9. The molecule has 3 heterocycles. The van der Waals surface area contributed by atoms with Gasteiger partial charge in [-0.15, -0.1) is 11.3 Å². The van der Waals surface area contributed by atoms with E-state index < -0.39 is 0 Å². The van der Waals surface area contributed by atoms with Gasteiger partial charge in [-0.1, -0.05) is 91.0 Å². The first-order chi connectivity index (χ1) is 26.6. The van der Waals surface area contributed by atoms with E-state index in [-0.39, 0.29) is 0 Å². The Bertz CT molecular complexity index is 3230. The molecule has 0 amide bonds. The highest BCUT2D eigenvalue weighted by Crippen LogP contribution is 2.43. The van der Waals surface area contributed by atoms with Gasteiger partial charge in [0.15, 0.2) is 0 Å². The van der Waals surface area contributed by atoms with Crippen molar-refractivity contribution >= 4 is 92.4 Å². The summed E-state index contributed by atoms with van der Waals surface area (Å²) in [6, 6.07) is 59.0. The summed E-state index contributed by atoms with van der Waals surface area (Å²) < 4.78 is 15.3. The molecule has 0 spiro atoms. The Morgan fingerprint density at radius 2 is 0.981 bits per heavy atom. The number of hydrogen-bond acceptors (Lipinski definition) is 4. The van der Waals surface area contributed by atoms with Crippen molar-refractivity contribution in [3.8, 4) is 22.3 Å². The van der Waals surface area contributed by atoms with Crippen LogP contribution in [0.15, 0.2) is 173 Å². The van der Waals surface area contributed by atoms with Crippen LogP contribution in [0, 0.1) is 13.8 Å². The van der Waals surface area contributed by atoms with E-state index >= 15 is 0 Å². The Morgan fingerprint density at radius 1 is 0.370 bits per heavy atom. The van der Waals surface area contributed by atoms with Crippen molar-refractivity contribution in [1.82, 2.24) is 0 Å². The molecule has 3 aromatic heterocycles. The van der Waals surface area contributed by atoms with Crippen LogP contribution in [-0.2, 0) is 0 Å². The Balaban J connectivity index is 1.08. The van der Waals surface area contributed by atoms with Gasteiger partial charge in [-0.3, -0.25) is 0 Å². The van der Waals surface area contributed by atoms with Crippen molar-refractivity contribution in [3.05, 3.63) is 175 Å². The third kappa shape index (κ3) is 4.88. The van der Waals surface area contributed by atoms with Crippen LogP contribution in [0.25, 0.3) is 86.3 Å². The van der Waals surface area contributed by atoms with Gasteiger partial charge >= 0.3 is 0 Å². The Hall–Kier alpha value is -6.62. The second-order valence-electron chi connectivity index (χ2n) is 14.2. The van der Waals surface area contributed by atoms with Gasteiger partial charge in [-0.25, -0.2) is 0 Å². The predicted octanol–water partition coefficient (Wildman–Crippen LogP) is 15.3. The molecule has 0 aliphatic rings. The smallest absolute Gasteiger partial charge is 0.139 e. The zero-order valence-corrected chi connectivity index (χ0v) is 30.6. The quantitative estimate of drug-likeness (QED) is 0.178. The molecule has 0 aliphatic heterocycles. The van der Waals surface area contributed by atoms with Crippen LogP contribution in [0.4, 0.5) is 17.1 Å². The van der Waals surface area contributed by atoms with Crippen LogP contribution in [-0.4, -0.2) is 0 Å². The number of furan rings is 2. The van der Waals surface area contributed by atoms with Crippen molar-refractivity contribution in [1.29, 1.82) is 0 Å². The molecular weight excluding hydrogens is 679 g/mol. The molecule has 0 radical (unpaired) electrons. The van der Waals surface area contributed by atoms with Crippen molar-refractivity contribution in [3.63, 3.8) is 0 Å². The van der Waals surface area contributed by atoms with Crippen LogP contribution < -0.4 is 4.90 Å². The normalized spacial score (nSPS) is 11.9. The van der Waals surface area contributed by atoms with E-state index in [1.165, 1.54) is 53.6 Å². The number of nitrogens with zero attached hydrogens (tertiary/aromatic N) is 1. The summed E-state index contributed by atoms with van der Waals surface area (Å²) in [5, 5.41) is 6.96. The Kier molecular flexibility index (Phi) is 6.85. The zero-order valence-electron chi connectivity index (χ0n) is 29.8. The molecule has 54 heavy (non-hydrogen) atoms. The summed E-state index contributed by atoms with van der Waals surface area (Å²) in [7, 11) is 0. The molecule has 8 aromatic carbocycles. The molecule has 3 nitrogen and oxygen atoms in total. The molecule has 4 heteroatoms. The van der Waals surface area contributed by atoms with Crippen molar-refractivity contribution < 1.29 is 8.83 Å². The van der Waals surface area contributed by atoms with Crippen LogP contribution in [0.3, 0.4) is 0 Å². The number of hydrogen-bond donors (Lipinski definition) is 0. The maximum atomic E-state index is 6.45. The minimum absolute atomic E-state index is 0.817. The van der Waals surface area contributed by atoms with E-state index in [0.29, 0.717) is 0 Å². The van der Waals surface area contributed by atoms with Gasteiger partial charge in [-0.05, 0) is 114 Å². The lowest BCUT2D eigenvalue weighted by atomic mass is 9.95. The van der Waals surface area contributed by atoms with E-state index in [9.17, 15) is 0 Å². The first-order valence-corrected chi connectivity index (χ1v) is 19.1. The van der Waals surface area contributed by atoms with Crippen molar-refractivity contribution in [2.45, 2.75) is 13.8 Å². The Labute approximate surface area is 315 Å². The number of fused-ring (bicyclic) bond motifs is 9. The number of aryl methyl sites for hydroxylation is 2. The summed E-state index contributed by atoms with van der Waals surface area (Å²) in [5.74, 6) is 0. The van der Waals surface area contributed by atoms with Gasteiger partial charge in [-0.2, -0.15) is 0 Å². The molecule has 0 N–H and O–H groups in total. The van der Waals surface area contributed by atoms with Crippen molar-refractivity contribution in [2.24, 2.45) is 0 Å². The van der Waals surface area contributed by atoms with E-state index in [0.717, 1.165) is 60.9 Å². The topological polar surface area (TPSA) is 29.5 Å². The maximum Gasteiger partial charge on any atom is 0.139 e. The minimum Gasteiger partial charge on any atom is -0.456 e. The number of anilines is 3. The minimum atomic E-state index is 0.817. The predicted molar refractivity (Wildman–Crippen MR) is 229 cm³/mol. The summed E-state index contributed by atoms with van der Waals surface area (Å²) in [6.07, 6.45) is 0. The van der Waals surface area contributed by atoms with Crippen LogP contribution >= 0.6 is 11.3 Å². The van der Waals surface area contributed by atoms with Gasteiger partial charge in [0.05, 0.1) is 0 Å². The molecule has 0 saturated heterocycles. The molecular formula is C50H33NO2S. The van der Waals surface area contributed by atoms with Crippen molar-refractivity contribution in [2.75, 3.05) is 4.90 Å². The number of para-hydroxylation sites is 1. The number of rotatable bonds is 5. The standard InChI is InChI=1S/C50H33NO2S/c1-30-9-7-10-31(2)50(30)32-17-20-35(21-18-32)51(36-12-8-11-33(25-36)34-19-23-40-39-14-4-6-16-48(39)54-49(40)26-34)37-22-24-45-41(27-37)43-28-42-38-13-3-5-15-44(38)52-46(42)29-47(43)53-45/h3-29H,1-2H3. The van der Waals surface area contributed by atoms with Gasteiger partial charge in [0.2, 0.25) is 0 Å².